The zero-order chi connectivity index (χ0) is 15.7. The fraction of sp³-hybridized carbons (Fsp3) is 0.0625. The van der Waals surface area contributed by atoms with Crippen molar-refractivity contribution >= 4 is 29.2 Å². The van der Waals surface area contributed by atoms with Crippen LogP contribution in [-0.2, 0) is 11.2 Å². The van der Waals surface area contributed by atoms with Crippen molar-refractivity contribution in [3.05, 3.63) is 59.2 Å². The lowest BCUT2D eigenvalue weighted by atomic mass is 10.1. The standard InChI is InChI=1S/C16H12N2O4/c19-14-8-10-7-9(5-6-12(10)17-14)15(20)18-13-4-2-1-3-11(13)16(21)22/h1-7H,8H2,(H,17,19)(H,18,20)(H,21,22). The molecule has 0 spiro atoms. The van der Waals surface area contributed by atoms with Crippen LogP contribution >= 0.6 is 0 Å². The molecule has 0 fully saturated rings. The van der Waals surface area contributed by atoms with Gasteiger partial charge in [0.25, 0.3) is 5.91 Å². The fourth-order valence-electron chi connectivity index (χ4n) is 2.34. The molecule has 0 bridgehead atoms. The molecule has 0 saturated carbocycles. The average molecular weight is 296 g/mol. The maximum absolute atomic E-state index is 12.3. The number of para-hydroxylation sites is 1. The van der Waals surface area contributed by atoms with Gasteiger partial charge in [-0.2, -0.15) is 0 Å². The highest BCUT2D eigenvalue weighted by molar-refractivity contribution is 6.09. The summed E-state index contributed by atoms with van der Waals surface area (Å²) in [4.78, 5) is 34.7. The van der Waals surface area contributed by atoms with Crippen LogP contribution in [0.4, 0.5) is 11.4 Å². The van der Waals surface area contributed by atoms with Crippen molar-refractivity contribution in [2.75, 3.05) is 10.6 Å². The molecule has 1 aliphatic heterocycles. The van der Waals surface area contributed by atoms with Crippen LogP contribution in [0, 0.1) is 0 Å². The van der Waals surface area contributed by atoms with Crippen molar-refractivity contribution in [2.45, 2.75) is 6.42 Å². The summed E-state index contributed by atoms with van der Waals surface area (Å²) in [7, 11) is 0. The Morgan fingerprint density at radius 2 is 1.91 bits per heavy atom. The summed E-state index contributed by atoms with van der Waals surface area (Å²) in [6, 6.07) is 11.1. The first-order chi connectivity index (χ1) is 10.5. The first-order valence-corrected chi connectivity index (χ1v) is 6.61. The number of rotatable bonds is 3. The maximum Gasteiger partial charge on any atom is 0.337 e. The van der Waals surface area contributed by atoms with E-state index in [1.165, 1.54) is 12.1 Å². The van der Waals surface area contributed by atoms with Crippen LogP contribution in [-0.4, -0.2) is 22.9 Å². The van der Waals surface area contributed by atoms with Gasteiger partial charge in [-0.1, -0.05) is 12.1 Å². The van der Waals surface area contributed by atoms with Gasteiger partial charge in [-0.05, 0) is 35.9 Å². The molecule has 0 saturated heterocycles. The van der Waals surface area contributed by atoms with E-state index in [1.807, 2.05) is 0 Å². The van der Waals surface area contributed by atoms with E-state index in [-0.39, 0.29) is 23.6 Å². The number of hydrogen-bond acceptors (Lipinski definition) is 3. The molecule has 2 amide bonds. The summed E-state index contributed by atoms with van der Waals surface area (Å²) in [5.74, 6) is -1.64. The number of hydrogen-bond donors (Lipinski definition) is 3. The Hall–Kier alpha value is -3.15. The van der Waals surface area contributed by atoms with Gasteiger partial charge < -0.3 is 15.7 Å². The number of carbonyl (C=O) groups excluding carboxylic acids is 2. The number of aromatic carboxylic acids is 1. The highest BCUT2D eigenvalue weighted by atomic mass is 16.4. The molecular weight excluding hydrogens is 284 g/mol. The summed E-state index contributed by atoms with van der Waals surface area (Å²) in [6.45, 7) is 0. The number of carbonyl (C=O) groups is 3. The van der Waals surface area contributed by atoms with Crippen LogP contribution < -0.4 is 10.6 Å². The molecule has 3 N–H and O–H groups in total. The molecule has 6 nitrogen and oxygen atoms in total. The lowest BCUT2D eigenvalue weighted by Crippen LogP contribution is -2.14. The van der Waals surface area contributed by atoms with E-state index < -0.39 is 11.9 Å². The third-order valence-corrected chi connectivity index (χ3v) is 3.40. The van der Waals surface area contributed by atoms with Crippen LogP contribution in [0.3, 0.4) is 0 Å². The zero-order valence-electron chi connectivity index (χ0n) is 11.4. The Balaban J connectivity index is 1.86. The second-order valence-corrected chi connectivity index (χ2v) is 4.90. The zero-order valence-corrected chi connectivity index (χ0v) is 11.4. The van der Waals surface area contributed by atoms with Crippen molar-refractivity contribution in [1.29, 1.82) is 0 Å². The number of carboxylic acids is 1. The normalized spacial score (nSPS) is 12.5. The molecule has 110 valence electrons. The van der Waals surface area contributed by atoms with Gasteiger partial charge in [0.1, 0.15) is 0 Å². The van der Waals surface area contributed by atoms with Crippen molar-refractivity contribution in [1.82, 2.24) is 0 Å². The summed E-state index contributed by atoms with van der Waals surface area (Å²) in [5.41, 5.74) is 2.08. The van der Waals surface area contributed by atoms with E-state index in [0.717, 1.165) is 5.56 Å². The van der Waals surface area contributed by atoms with E-state index in [9.17, 15) is 14.4 Å². The molecule has 6 heteroatoms. The molecule has 3 rings (SSSR count). The SMILES string of the molecule is O=C1Cc2cc(C(=O)Nc3ccccc3C(=O)O)ccc2N1. The van der Waals surface area contributed by atoms with Crippen molar-refractivity contribution in [3.63, 3.8) is 0 Å². The molecule has 0 radical (unpaired) electrons. The average Bonchev–Trinajstić information content (AvgIpc) is 2.86. The molecule has 1 heterocycles. The number of carboxylic acid groups (broad SMARTS) is 1. The van der Waals surface area contributed by atoms with Crippen LogP contribution in [0.15, 0.2) is 42.5 Å². The minimum atomic E-state index is -1.11. The predicted molar refractivity (Wildman–Crippen MR) is 80.1 cm³/mol. The molecule has 0 atom stereocenters. The van der Waals surface area contributed by atoms with Gasteiger partial charge in [0, 0.05) is 11.3 Å². The predicted octanol–water partition coefficient (Wildman–Crippen LogP) is 2.13. The molecule has 22 heavy (non-hydrogen) atoms. The number of benzene rings is 2. The van der Waals surface area contributed by atoms with Gasteiger partial charge in [0.05, 0.1) is 17.7 Å². The molecular formula is C16H12N2O4. The minimum Gasteiger partial charge on any atom is -0.478 e. The number of fused-ring (bicyclic) bond motifs is 1. The number of nitrogens with one attached hydrogen (secondary N) is 2. The third kappa shape index (κ3) is 2.54. The smallest absolute Gasteiger partial charge is 0.337 e. The Kier molecular flexibility index (Phi) is 3.34. The molecule has 1 aliphatic rings. The first kappa shape index (κ1) is 13.8. The van der Waals surface area contributed by atoms with Gasteiger partial charge in [0.15, 0.2) is 0 Å². The van der Waals surface area contributed by atoms with Gasteiger partial charge in [0.2, 0.25) is 5.91 Å². The number of amides is 2. The minimum absolute atomic E-state index is 0.0221. The summed E-state index contributed by atoms with van der Waals surface area (Å²) < 4.78 is 0. The van der Waals surface area contributed by atoms with Gasteiger partial charge in [-0.3, -0.25) is 9.59 Å². The largest absolute Gasteiger partial charge is 0.478 e. The van der Waals surface area contributed by atoms with E-state index in [0.29, 0.717) is 11.3 Å². The van der Waals surface area contributed by atoms with Crippen molar-refractivity contribution < 1.29 is 19.5 Å². The molecule has 0 aromatic heterocycles. The molecule has 2 aromatic carbocycles. The summed E-state index contributed by atoms with van der Waals surface area (Å²) in [6.07, 6.45) is 0.238. The van der Waals surface area contributed by atoms with E-state index in [4.69, 9.17) is 5.11 Å². The monoisotopic (exact) mass is 296 g/mol. The highest BCUT2D eigenvalue weighted by Gasteiger charge is 2.19. The topological polar surface area (TPSA) is 95.5 Å². The van der Waals surface area contributed by atoms with Crippen LogP contribution in [0.2, 0.25) is 0 Å². The second kappa shape index (κ2) is 5.33. The third-order valence-electron chi connectivity index (χ3n) is 3.40. The molecule has 0 unspecified atom stereocenters. The maximum atomic E-state index is 12.3. The fourth-order valence-corrected chi connectivity index (χ4v) is 2.34. The van der Waals surface area contributed by atoms with Crippen LogP contribution in [0.1, 0.15) is 26.3 Å². The number of anilines is 2. The lowest BCUT2D eigenvalue weighted by molar-refractivity contribution is -0.115. The first-order valence-electron chi connectivity index (χ1n) is 6.61. The Morgan fingerprint density at radius 1 is 1.14 bits per heavy atom. The second-order valence-electron chi connectivity index (χ2n) is 4.90. The lowest BCUT2D eigenvalue weighted by Gasteiger charge is -2.09. The highest BCUT2D eigenvalue weighted by Crippen LogP contribution is 2.24. The summed E-state index contributed by atoms with van der Waals surface area (Å²) >= 11 is 0. The van der Waals surface area contributed by atoms with Crippen LogP contribution in [0.5, 0.6) is 0 Å². The van der Waals surface area contributed by atoms with Crippen molar-refractivity contribution in [3.8, 4) is 0 Å². The van der Waals surface area contributed by atoms with Crippen LogP contribution in [0.25, 0.3) is 0 Å². The van der Waals surface area contributed by atoms with E-state index >= 15 is 0 Å². The van der Waals surface area contributed by atoms with Gasteiger partial charge in [-0.25, -0.2) is 4.79 Å². The molecule has 2 aromatic rings. The van der Waals surface area contributed by atoms with Crippen molar-refractivity contribution in [2.24, 2.45) is 0 Å². The Morgan fingerprint density at radius 3 is 2.68 bits per heavy atom. The Labute approximate surface area is 125 Å². The van der Waals surface area contributed by atoms with Gasteiger partial charge >= 0.3 is 5.97 Å². The summed E-state index contributed by atoms with van der Waals surface area (Å²) in [5, 5.41) is 14.4. The molecule has 0 aliphatic carbocycles. The van der Waals surface area contributed by atoms with Gasteiger partial charge in [-0.15, -0.1) is 0 Å². The van der Waals surface area contributed by atoms with E-state index in [2.05, 4.69) is 10.6 Å². The van der Waals surface area contributed by atoms with E-state index in [1.54, 1.807) is 30.3 Å². The quantitative estimate of drug-likeness (QED) is 0.808. The Bertz CT molecular complexity index is 798.